The van der Waals surface area contributed by atoms with E-state index in [1.165, 1.54) is 6.08 Å². The molecule has 0 spiro atoms. The Bertz CT molecular complexity index is 793. The van der Waals surface area contributed by atoms with E-state index in [4.69, 9.17) is 4.74 Å². The Balaban J connectivity index is 1.56. The van der Waals surface area contributed by atoms with Crippen molar-refractivity contribution in [2.24, 2.45) is 0 Å². The largest absolute Gasteiger partial charge is 0.452 e. The minimum absolute atomic E-state index is 0.191. The third-order valence-electron chi connectivity index (χ3n) is 4.24. The zero-order chi connectivity index (χ0) is 17.6. The number of amides is 1. The molecule has 2 aromatic rings. The first-order valence-electron chi connectivity index (χ1n) is 8.43. The van der Waals surface area contributed by atoms with Crippen LogP contribution in [-0.2, 0) is 20.7 Å². The number of para-hydroxylation sites is 1. The average molecular weight is 335 g/mol. The van der Waals surface area contributed by atoms with Gasteiger partial charge in [-0.15, -0.1) is 0 Å². The van der Waals surface area contributed by atoms with Gasteiger partial charge in [0.05, 0.1) is 0 Å². The Morgan fingerprint density at radius 1 is 1.12 bits per heavy atom. The summed E-state index contributed by atoms with van der Waals surface area (Å²) in [5, 5.41) is 0. The Morgan fingerprint density at radius 3 is 2.68 bits per heavy atom. The van der Waals surface area contributed by atoms with E-state index in [-0.39, 0.29) is 12.5 Å². The lowest BCUT2D eigenvalue weighted by molar-refractivity contribution is -0.142. The number of aryl methyl sites for hydroxylation is 2. The highest BCUT2D eigenvalue weighted by Crippen LogP contribution is 2.26. The van der Waals surface area contributed by atoms with Crippen molar-refractivity contribution in [3.05, 3.63) is 71.3 Å². The molecule has 1 aliphatic rings. The number of hydrogen-bond donors (Lipinski definition) is 0. The Kier molecular flexibility index (Phi) is 5.29. The molecule has 0 atom stereocenters. The lowest BCUT2D eigenvalue weighted by atomic mass is 10.0. The van der Waals surface area contributed by atoms with Crippen LogP contribution in [0.2, 0.25) is 0 Å². The van der Waals surface area contributed by atoms with Crippen LogP contribution in [0.25, 0.3) is 6.08 Å². The topological polar surface area (TPSA) is 46.6 Å². The first-order valence-corrected chi connectivity index (χ1v) is 8.43. The summed E-state index contributed by atoms with van der Waals surface area (Å²) in [6, 6.07) is 15.7. The second kappa shape index (κ2) is 7.79. The molecule has 0 aliphatic carbocycles. The standard InChI is InChI=1S/C21H21NO3/c1-16-8-10-17(11-9-16)12-13-21(24)25-15-20(23)22-14-4-6-18-5-2-3-7-19(18)22/h2-3,5,7-13H,4,6,14-15H2,1H3/b13-12+. The van der Waals surface area contributed by atoms with E-state index in [0.717, 1.165) is 35.2 Å². The van der Waals surface area contributed by atoms with E-state index in [9.17, 15) is 9.59 Å². The smallest absolute Gasteiger partial charge is 0.331 e. The number of benzene rings is 2. The Hall–Kier alpha value is -2.88. The summed E-state index contributed by atoms with van der Waals surface area (Å²) in [4.78, 5) is 25.9. The van der Waals surface area contributed by atoms with Crippen LogP contribution in [0.4, 0.5) is 5.69 Å². The molecule has 0 saturated carbocycles. The van der Waals surface area contributed by atoms with E-state index < -0.39 is 5.97 Å². The van der Waals surface area contributed by atoms with Crippen molar-refractivity contribution in [1.82, 2.24) is 0 Å². The third-order valence-corrected chi connectivity index (χ3v) is 4.24. The molecule has 128 valence electrons. The molecule has 2 aromatic carbocycles. The van der Waals surface area contributed by atoms with Crippen LogP contribution in [-0.4, -0.2) is 25.0 Å². The predicted molar refractivity (Wildman–Crippen MR) is 98.3 cm³/mol. The van der Waals surface area contributed by atoms with Gasteiger partial charge < -0.3 is 9.64 Å². The normalized spacial score (nSPS) is 13.6. The van der Waals surface area contributed by atoms with Crippen molar-refractivity contribution in [2.45, 2.75) is 19.8 Å². The van der Waals surface area contributed by atoms with Crippen LogP contribution < -0.4 is 4.90 Å². The highest BCUT2D eigenvalue weighted by atomic mass is 16.5. The monoisotopic (exact) mass is 335 g/mol. The zero-order valence-corrected chi connectivity index (χ0v) is 14.3. The van der Waals surface area contributed by atoms with Crippen LogP contribution in [0.1, 0.15) is 23.1 Å². The van der Waals surface area contributed by atoms with Crippen molar-refractivity contribution < 1.29 is 14.3 Å². The summed E-state index contributed by atoms with van der Waals surface area (Å²) in [5.41, 5.74) is 4.16. The molecule has 1 heterocycles. The van der Waals surface area contributed by atoms with Crippen molar-refractivity contribution >= 4 is 23.6 Å². The van der Waals surface area contributed by atoms with Gasteiger partial charge in [-0.3, -0.25) is 4.79 Å². The van der Waals surface area contributed by atoms with Crippen LogP contribution >= 0.6 is 0 Å². The summed E-state index contributed by atoms with van der Waals surface area (Å²) in [5.74, 6) is -0.705. The van der Waals surface area contributed by atoms with Gasteiger partial charge in [0.25, 0.3) is 5.91 Å². The Morgan fingerprint density at radius 2 is 1.88 bits per heavy atom. The first-order chi connectivity index (χ1) is 12.1. The highest BCUT2D eigenvalue weighted by Gasteiger charge is 2.22. The van der Waals surface area contributed by atoms with Crippen molar-refractivity contribution in [2.75, 3.05) is 18.1 Å². The van der Waals surface area contributed by atoms with Gasteiger partial charge in [-0.05, 0) is 43.0 Å². The van der Waals surface area contributed by atoms with Crippen LogP contribution in [0.5, 0.6) is 0 Å². The molecule has 0 N–H and O–H groups in total. The second-order valence-corrected chi connectivity index (χ2v) is 6.13. The molecule has 0 fully saturated rings. The molecule has 1 aliphatic heterocycles. The first kappa shape index (κ1) is 17.0. The predicted octanol–water partition coefficient (Wildman–Crippen LogP) is 3.53. The molecule has 4 nitrogen and oxygen atoms in total. The van der Waals surface area contributed by atoms with E-state index in [0.29, 0.717) is 6.54 Å². The highest BCUT2D eigenvalue weighted by molar-refractivity contribution is 5.97. The molecule has 3 rings (SSSR count). The summed E-state index contributed by atoms with van der Waals surface area (Å²) >= 11 is 0. The Labute approximate surface area is 147 Å². The molecule has 1 amide bonds. The number of hydrogen-bond acceptors (Lipinski definition) is 3. The molecule has 0 saturated heterocycles. The molecule has 0 bridgehead atoms. The maximum absolute atomic E-state index is 12.4. The van der Waals surface area contributed by atoms with Crippen LogP contribution in [0.15, 0.2) is 54.6 Å². The van der Waals surface area contributed by atoms with E-state index in [2.05, 4.69) is 0 Å². The van der Waals surface area contributed by atoms with Gasteiger partial charge in [0, 0.05) is 18.3 Å². The number of carbonyl (C=O) groups excluding carboxylic acids is 2. The fourth-order valence-corrected chi connectivity index (χ4v) is 2.89. The molecular weight excluding hydrogens is 314 g/mol. The van der Waals surface area contributed by atoms with Gasteiger partial charge in [-0.25, -0.2) is 4.79 Å². The summed E-state index contributed by atoms with van der Waals surface area (Å²) in [6.45, 7) is 2.42. The molecule has 0 radical (unpaired) electrons. The van der Waals surface area contributed by atoms with Gasteiger partial charge in [-0.2, -0.15) is 0 Å². The quantitative estimate of drug-likeness (QED) is 0.634. The fourth-order valence-electron chi connectivity index (χ4n) is 2.89. The molecule has 0 aromatic heterocycles. The number of rotatable bonds is 4. The number of nitrogens with zero attached hydrogens (tertiary/aromatic N) is 1. The lowest BCUT2D eigenvalue weighted by Crippen LogP contribution is -2.38. The van der Waals surface area contributed by atoms with Crippen LogP contribution in [0.3, 0.4) is 0 Å². The van der Waals surface area contributed by atoms with Gasteiger partial charge in [0.1, 0.15) is 0 Å². The van der Waals surface area contributed by atoms with E-state index >= 15 is 0 Å². The number of anilines is 1. The molecule has 4 heteroatoms. The minimum atomic E-state index is -0.515. The van der Waals surface area contributed by atoms with Crippen LogP contribution in [0, 0.1) is 6.92 Å². The number of ether oxygens (including phenoxy) is 1. The fraction of sp³-hybridized carbons (Fsp3) is 0.238. The second-order valence-electron chi connectivity index (χ2n) is 6.13. The van der Waals surface area contributed by atoms with Crippen molar-refractivity contribution in [1.29, 1.82) is 0 Å². The average Bonchev–Trinajstić information content (AvgIpc) is 2.65. The van der Waals surface area contributed by atoms with E-state index in [1.54, 1.807) is 11.0 Å². The number of fused-ring (bicyclic) bond motifs is 1. The molecular formula is C21H21NO3. The minimum Gasteiger partial charge on any atom is -0.452 e. The lowest BCUT2D eigenvalue weighted by Gasteiger charge is -2.29. The van der Waals surface area contributed by atoms with Gasteiger partial charge in [-0.1, -0.05) is 48.0 Å². The van der Waals surface area contributed by atoms with Crippen molar-refractivity contribution in [3.8, 4) is 0 Å². The summed E-state index contributed by atoms with van der Waals surface area (Å²) < 4.78 is 5.10. The third kappa shape index (κ3) is 4.35. The molecule has 0 unspecified atom stereocenters. The van der Waals surface area contributed by atoms with Gasteiger partial charge in [0.15, 0.2) is 6.61 Å². The maximum Gasteiger partial charge on any atom is 0.331 e. The maximum atomic E-state index is 12.4. The summed E-state index contributed by atoms with van der Waals surface area (Å²) in [7, 11) is 0. The van der Waals surface area contributed by atoms with Gasteiger partial charge in [0.2, 0.25) is 0 Å². The molecule has 25 heavy (non-hydrogen) atoms. The summed E-state index contributed by atoms with van der Waals surface area (Å²) in [6.07, 6.45) is 4.92. The zero-order valence-electron chi connectivity index (χ0n) is 14.3. The SMILES string of the molecule is Cc1ccc(/C=C/C(=O)OCC(=O)N2CCCc3ccccc32)cc1. The number of esters is 1. The van der Waals surface area contributed by atoms with E-state index in [1.807, 2.05) is 55.5 Å². The number of carbonyl (C=O) groups is 2. The van der Waals surface area contributed by atoms with Gasteiger partial charge >= 0.3 is 5.97 Å². The van der Waals surface area contributed by atoms with Crippen molar-refractivity contribution in [3.63, 3.8) is 0 Å².